The zero-order valence-electron chi connectivity index (χ0n) is 16.5. The number of thiophene rings is 1. The quantitative estimate of drug-likeness (QED) is 0.214. The van der Waals surface area contributed by atoms with Crippen LogP contribution in [0.25, 0.3) is 0 Å². The highest BCUT2D eigenvalue weighted by atomic mass is 32.1. The van der Waals surface area contributed by atoms with Gasteiger partial charge in [-0.1, -0.05) is 0 Å². The maximum absolute atomic E-state index is 12.6. The van der Waals surface area contributed by atoms with Crippen LogP contribution in [0.4, 0.5) is 5.69 Å². The molecule has 1 amide bonds. The number of carboxylic acids is 1. The van der Waals surface area contributed by atoms with Crippen LogP contribution in [0.15, 0.2) is 41.1 Å². The van der Waals surface area contributed by atoms with Crippen LogP contribution in [0.3, 0.4) is 0 Å². The zero-order valence-corrected chi connectivity index (χ0v) is 17.3. The van der Waals surface area contributed by atoms with Crippen molar-refractivity contribution in [2.75, 3.05) is 20.0 Å². The molecule has 0 radical (unpaired) electrons. The third-order valence-electron chi connectivity index (χ3n) is 4.35. The van der Waals surface area contributed by atoms with Crippen molar-refractivity contribution < 1.29 is 29.1 Å². The summed E-state index contributed by atoms with van der Waals surface area (Å²) in [5.74, 6) is -2.13. The third kappa shape index (κ3) is 7.54. The molecule has 162 valence electrons. The van der Waals surface area contributed by atoms with Gasteiger partial charge >= 0.3 is 5.97 Å². The Morgan fingerprint density at radius 2 is 1.97 bits per heavy atom. The Hall–Kier alpha value is -2.82. The van der Waals surface area contributed by atoms with Crippen molar-refractivity contribution in [3.05, 3.63) is 62.3 Å². The van der Waals surface area contributed by atoms with Gasteiger partial charge in [0.1, 0.15) is 6.79 Å². The van der Waals surface area contributed by atoms with Gasteiger partial charge in [0.25, 0.3) is 11.6 Å². The first-order valence-corrected chi connectivity index (χ1v) is 10.3. The van der Waals surface area contributed by atoms with Gasteiger partial charge in [0.2, 0.25) is 0 Å². The van der Waals surface area contributed by atoms with Crippen LogP contribution in [-0.4, -0.2) is 48.0 Å². The molecule has 1 heterocycles. The van der Waals surface area contributed by atoms with E-state index in [4.69, 9.17) is 9.47 Å². The topological polar surface area (TPSA) is 128 Å². The maximum Gasteiger partial charge on any atom is 0.306 e. The normalized spacial score (nSPS) is 12.8. The Morgan fingerprint density at radius 3 is 2.53 bits per heavy atom. The minimum absolute atomic E-state index is 0.0304. The molecule has 1 aromatic carbocycles. The molecule has 0 spiro atoms. The lowest BCUT2D eigenvalue weighted by Gasteiger charge is -2.22. The fraction of sp³-hybridized carbons (Fsp3) is 0.400. The number of nitrogens with zero attached hydrogens (tertiary/aromatic N) is 1. The van der Waals surface area contributed by atoms with E-state index in [0.717, 1.165) is 5.56 Å². The van der Waals surface area contributed by atoms with Crippen molar-refractivity contribution in [2.45, 2.75) is 25.8 Å². The number of non-ortho nitro benzene ring substituents is 1. The van der Waals surface area contributed by atoms with E-state index in [1.165, 1.54) is 35.6 Å². The molecule has 30 heavy (non-hydrogen) atoms. The lowest BCUT2D eigenvalue weighted by molar-refractivity contribution is -0.384. The van der Waals surface area contributed by atoms with Crippen LogP contribution in [0, 0.1) is 16.0 Å². The minimum atomic E-state index is -0.958. The SMILES string of the molecule is CCOCOC[C@H](C[C@H](Cc1ccsc1)C(=O)O)NC(=O)c1ccc([N+](=O)[O-])cc1. The summed E-state index contributed by atoms with van der Waals surface area (Å²) in [6.07, 6.45) is 0.504. The van der Waals surface area contributed by atoms with Gasteiger partial charge in [-0.2, -0.15) is 11.3 Å². The van der Waals surface area contributed by atoms with Crippen molar-refractivity contribution in [1.29, 1.82) is 0 Å². The third-order valence-corrected chi connectivity index (χ3v) is 5.08. The van der Waals surface area contributed by atoms with E-state index in [1.54, 1.807) is 0 Å². The number of carboxylic acid groups (broad SMARTS) is 1. The second-order valence-electron chi connectivity index (χ2n) is 6.56. The molecule has 0 bridgehead atoms. The van der Waals surface area contributed by atoms with Crippen molar-refractivity contribution in [3.8, 4) is 0 Å². The smallest absolute Gasteiger partial charge is 0.306 e. The van der Waals surface area contributed by atoms with Gasteiger partial charge in [-0.25, -0.2) is 0 Å². The minimum Gasteiger partial charge on any atom is -0.481 e. The summed E-state index contributed by atoms with van der Waals surface area (Å²) >= 11 is 1.49. The first-order valence-electron chi connectivity index (χ1n) is 9.35. The number of hydrogen-bond donors (Lipinski definition) is 2. The number of amides is 1. The zero-order chi connectivity index (χ0) is 21.9. The lowest BCUT2D eigenvalue weighted by Crippen LogP contribution is -2.41. The number of nitro groups is 1. The first-order chi connectivity index (χ1) is 14.4. The van der Waals surface area contributed by atoms with Crippen LogP contribution in [-0.2, 0) is 20.7 Å². The highest BCUT2D eigenvalue weighted by molar-refractivity contribution is 7.07. The molecule has 0 aliphatic carbocycles. The summed E-state index contributed by atoms with van der Waals surface area (Å²) in [5.41, 5.74) is 1.04. The van der Waals surface area contributed by atoms with Gasteiger partial charge in [-0.05, 0) is 54.3 Å². The number of aliphatic carboxylic acids is 1. The molecular formula is C20H24N2O7S. The Morgan fingerprint density at radius 1 is 1.23 bits per heavy atom. The number of hydrogen-bond acceptors (Lipinski definition) is 7. The standard InChI is InChI=1S/C20H24N2O7S/c1-2-28-13-29-11-17(10-16(20(24)25)9-14-7-8-30-12-14)21-19(23)15-3-5-18(6-4-15)22(26)27/h3-8,12,16-17H,2,9-11,13H2,1H3,(H,21,23)(H,24,25)/t16-,17-/m0/s1. The monoisotopic (exact) mass is 436 g/mol. The number of nitrogens with one attached hydrogen (secondary N) is 1. The van der Waals surface area contributed by atoms with Gasteiger partial charge in [0, 0.05) is 24.3 Å². The molecule has 0 fully saturated rings. The molecular weight excluding hydrogens is 412 g/mol. The second kappa shape index (κ2) is 12.0. The van der Waals surface area contributed by atoms with Gasteiger partial charge in [-0.15, -0.1) is 0 Å². The largest absolute Gasteiger partial charge is 0.481 e. The van der Waals surface area contributed by atoms with Crippen molar-refractivity contribution in [2.24, 2.45) is 5.92 Å². The molecule has 0 saturated carbocycles. The molecule has 2 atom stereocenters. The number of benzene rings is 1. The summed E-state index contributed by atoms with van der Waals surface area (Å²) < 4.78 is 10.6. The molecule has 2 rings (SSSR count). The van der Waals surface area contributed by atoms with E-state index in [9.17, 15) is 24.8 Å². The molecule has 1 aromatic heterocycles. The van der Waals surface area contributed by atoms with E-state index < -0.39 is 28.8 Å². The average Bonchev–Trinajstić information content (AvgIpc) is 3.23. The van der Waals surface area contributed by atoms with Crippen LogP contribution >= 0.6 is 11.3 Å². The fourth-order valence-electron chi connectivity index (χ4n) is 2.81. The predicted octanol–water partition coefficient (Wildman–Crippen LogP) is 3.10. The summed E-state index contributed by atoms with van der Waals surface area (Å²) in [5, 5.41) is 26.9. The van der Waals surface area contributed by atoms with E-state index in [1.807, 2.05) is 23.8 Å². The van der Waals surface area contributed by atoms with Crippen LogP contribution in [0.1, 0.15) is 29.3 Å². The van der Waals surface area contributed by atoms with Crippen LogP contribution in [0.2, 0.25) is 0 Å². The first kappa shape index (κ1) is 23.5. The summed E-state index contributed by atoms with van der Waals surface area (Å²) in [6, 6.07) is 6.49. The number of ether oxygens (including phenoxy) is 2. The van der Waals surface area contributed by atoms with E-state index in [2.05, 4.69) is 5.32 Å². The number of carbonyl (C=O) groups is 2. The van der Waals surface area contributed by atoms with Gasteiger partial charge in [-0.3, -0.25) is 19.7 Å². The predicted molar refractivity (Wildman–Crippen MR) is 111 cm³/mol. The van der Waals surface area contributed by atoms with E-state index >= 15 is 0 Å². The summed E-state index contributed by atoms with van der Waals surface area (Å²) in [7, 11) is 0. The van der Waals surface area contributed by atoms with Crippen molar-refractivity contribution in [3.63, 3.8) is 0 Å². The number of carbonyl (C=O) groups excluding carboxylic acids is 1. The molecule has 9 nitrogen and oxygen atoms in total. The lowest BCUT2D eigenvalue weighted by atomic mass is 9.94. The molecule has 0 aliphatic heterocycles. The van der Waals surface area contributed by atoms with Gasteiger partial charge in [0.15, 0.2) is 0 Å². The van der Waals surface area contributed by atoms with Crippen LogP contribution < -0.4 is 5.32 Å². The molecule has 0 aliphatic rings. The van der Waals surface area contributed by atoms with E-state index in [-0.39, 0.29) is 31.1 Å². The number of nitro benzene ring substituents is 1. The molecule has 0 unspecified atom stereocenters. The van der Waals surface area contributed by atoms with Crippen LogP contribution in [0.5, 0.6) is 0 Å². The Labute approximate surface area is 177 Å². The highest BCUT2D eigenvalue weighted by Crippen LogP contribution is 2.18. The Balaban J connectivity index is 2.07. The number of rotatable bonds is 13. The summed E-state index contributed by atoms with van der Waals surface area (Å²) in [4.78, 5) is 34.6. The molecule has 10 heteroatoms. The maximum atomic E-state index is 12.6. The average molecular weight is 436 g/mol. The van der Waals surface area contributed by atoms with E-state index in [0.29, 0.717) is 13.0 Å². The Bertz CT molecular complexity index is 824. The molecule has 2 N–H and O–H groups in total. The van der Waals surface area contributed by atoms with Gasteiger partial charge < -0.3 is 19.9 Å². The van der Waals surface area contributed by atoms with Crippen molar-refractivity contribution in [1.82, 2.24) is 5.32 Å². The molecule has 0 saturated heterocycles. The second-order valence-corrected chi connectivity index (χ2v) is 7.34. The van der Waals surface area contributed by atoms with Crippen molar-refractivity contribution >= 4 is 28.9 Å². The Kier molecular flexibility index (Phi) is 9.39. The highest BCUT2D eigenvalue weighted by Gasteiger charge is 2.25. The summed E-state index contributed by atoms with van der Waals surface area (Å²) in [6.45, 7) is 2.39. The molecule has 2 aromatic rings. The fourth-order valence-corrected chi connectivity index (χ4v) is 3.49. The van der Waals surface area contributed by atoms with Gasteiger partial charge in [0.05, 0.1) is 23.5 Å².